The summed E-state index contributed by atoms with van der Waals surface area (Å²) in [6.07, 6.45) is 1.64. The fourth-order valence-corrected chi connectivity index (χ4v) is 3.19. The van der Waals surface area contributed by atoms with E-state index in [9.17, 15) is 5.11 Å². The fraction of sp³-hybridized carbons (Fsp3) is 0.333. The SMILES string of the molecule is OC(c1ccccc1-c1ccc(Cl)cc1)C1CCNCC1. The van der Waals surface area contributed by atoms with Gasteiger partial charge in [0.05, 0.1) is 6.10 Å². The number of rotatable bonds is 3. The van der Waals surface area contributed by atoms with Gasteiger partial charge in [-0.1, -0.05) is 48.0 Å². The Morgan fingerprint density at radius 1 is 1.00 bits per heavy atom. The van der Waals surface area contributed by atoms with Gasteiger partial charge in [-0.15, -0.1) is 0 Å². The number of hydrogen-bond acceptors (Lipinski definition) is 2. The van der Waals surface area contributed by atoms with Crippen molar-refractivity contribution in [2.24, 2.45) is 5.92 Å². The number of benzene rings is 2. The summed E-state index contributed by atoms with van der Waals surface area (Å²) < 4.78 is 0. The average molecular weight is 302 g/mol. The van der Waals surface area contributed by atoms with Crippen LogP contribution in [0.3, 0.4) is 0 Å². The molecule has 2 aromatic rings. The second-order valence-corrected chi connectivity index (χ2v) is 6.06. The predicted molar refractivity (Wildman–Crippen MR) is 87.4 cm³/mol. The summed E-state index contributed by atoms with van der Waals surface area (Å²) >= 11 is 5.97. The number of aliphatic hydroxyl groups is 1. The lowest BCUT2D eigenvalue weighted by molar-refractivity contribution is 0.0894. The lowest BCUT2D eigenvalue weighted by atomic mass is 9.85. The monoisotopic (exact) mass is 301 g/mol. The van der Waals surface area contributed by atoms with E-state index in [2.05, 4.69) is 11.4 Å². The lowest BCUT2D eigenvalue weighted by Crippen LogP contribution is -2.31. The van der Waals surface area contributed by atoms with Crippen molar-refractivity contribution in [3.8, 4) is 11.1 Å². The summed E-state index contributed by atoms with van der Waals surface area (Å²) in [7, 11) is 0. The van der Waals surface area contributed by atoms with Gasteiger partial charge in [-0.3, -0.25) is 0 Å². The van der Waals surface area contributed by atoms with Crippen LogP contribution in [0.5, 0.6) is 0 Å². The van der Waals surface area contributed by atoms with Crippen molar-refractivity contribution in [1.82, 2.24) is 5.32 Å². The number of piperidine rings is 1. The van der Waals surface area contributed by atoms with Gasteiger partial charge in [-0.05, 0) is 60.7 Å². The third-order valence-corrected chi connectivity index (χ3v) is 4.52. The Morgan fingerprint density at radius 3 is 2.38 bits per heavy atom. The molecule has 0 amide bonds. The third kappa shape index (κ3) is 3.29. The summed E-state index contributed by atoms with van der Waals surface area (Å²) in [4.78, 5) is 0. The van der Waals surface area contributed by atoms with Crippen LogP contribution in [0.25, 0.3) is 11.1 Å². The largest absolute Gasteiger partial charge is 0.388 e. The Labute approximate surface area is 130 Å². The molecule has 0 radical (unpaired) electrons. The van der Waals surface area contributed by atoms with Crippen LogP contribution in [0, 0.1) is 5.92 Å². The number of hydrogen-bond donors (Lipinski definition) is 2. The molecule has 3 rings (SSSR count). The molecule has 21 heavy (non-hydrogen) atoms. The molecule has 1 fully saturated rings. The molecule has 1 aliphatic rings. The highest BCUT2D eigenvalue weighted by atomic mass is 35.5. The average Bonchev–Trinajstić information content (AvgIpc) is 2.56. The summed E-state index contributed by atoms with van der Waals surface area (Å²) in [6.45, 7) is 1.98. The van der Waals surface area contributed by atoms with Gasteiger partial charge in [0.25, 0.3) is 0 Å². The van der Waals surface area contributed by atoms with Crippen LogP contribution in [0.4, 0.5) is 0 Å². The Hall–Kier alpha value is -1.35. The van der Waals surface area contributed by atoms with E-state index >= 15 is 0 Å². The summed E-state index contributed by atoms with van der Waals surface area (Å²) in [6, 6.07) is 15.9. The van der Waals surface area contributed by atoms with E-state index < -0.39 is 6.10 Å². The molecule has 0 aromatic heterocycles. The first kappa shape index (κ1) is 14.6. The van der Waals surface area contributed by atoms with Crippen LogP contribution < -0.4 is 5.32 Å². The van der Waals surface area contributed by atoms with Crippen LogP contribution >= 0.6 is 11.6 Å². The van der Waals surface area contributed by atoms with Crippen LogP contribution in [-0.2, 0) is 0 Å². The molecule has 1 aliphatic heterocycles. The topological polar surface area (TPSA) is 32.3 Å². The molecule has 110 valence electrons. The maximum atomic E-state index is 10.8. The van der Waals surface area contributed by atoms with Crippen molar-refractivity contribution in [2.75, 3.05) is 13.1 Å². The molecule has 0 saturated carbocycles. The van der Waals surface area contributed by atoms with Crippen LogP contribution in [-0.4, -0.2) is 18.2 Å². The highest BCUT2D eigenvalue weighted by Gasteiger charge is 2.24. The van der Waals surface area contributed by atoms with Gasteiger partial charge in [0.2, 0.25) is 0 Å². The molecule has 1 heterocycles. The molecule has 2 aromatic carbocycles. The van der Waals surface area contributed by atoms with Gasteiger partial charge < -0.3 is 10.4 Å². The Kier molecular flexibility index (Phi) is 4.59. The molecular weight excluding hydrogens is 282 g/mol. The standard InChI is InChI=1S/C18H20ClNO/c19-15-7-5-13(6-8-15)16-3-1-2-4-17(16)18(21)14-9-11-20-12-10-14/h1-8,14,18,20-21H,9-12H2. The van der Waals surface area contributed by atoms with Gasteiger partial charge in [0, 0.05) is 5.02 Å². The first-order valence-electron chi connectivity index (χ1n) is 7.49. The summed E-state index contributed by atoms with van der Waals surface area (Å²) in [5, 5.41) is 14.9. The Morgan fingerprint density at radius 2 is 1.67 bits per heavy atom. The Balaban J connectivity index is 1.93. The number of aliphatic hydroxyl groups excluding tert-OH is 1. The molecule has 0 spiro atoms. The Bertz CT molecular complexity index is 590. The molecule has 1 unspecified atom stereocenters. The van der Waals surface area contributed by atoms with E-state index in [0.717, 1.165) is 47.6 Å². The minimum absolute atomic E-state index is 0.333. The van der Waals surface area contributed by atoms with E-state index in [4.69, 9.17) is 11.6 Å². The van der Waals surface area contributed by atoms with Gasteiger partial charge >= 0.3 is 0 Å². The van der Waals surface area contributed by atoms with Crippen LogP contribution in [0.15, 0.2) is 48.5 Å². The quantitative estimate of drug-likeness (QED) is 0.897. The highest BCUT2D eigenvalue weighted by molar-refractivity contribution is 6.30. The normalized spacial score (nSPS) is 17.6. The second kappa shape index (κ2) is 6.61. The molecular formula is C18H20ClNO. The summed E-state index contributed by atoms with van der Waals surface area (Å²) in [5.74, 6) is 0.333. The van der Waals surface area contributed by atoms with Gasteiger partial charge in [0.15, 0.2) is 0 Å². The van der Waals surface area contributed by atoms with Gasteiger partial charge in [-0.2, -0.15) is 0 Å². The van der Waals surface area contributed by atoms with E-state index in [1.165, 1.54) is 0 Å². The minimum Gasteiger partial charge on any atom is -0.388 e. The van der Waals surface area contributed by atoms with Crippen molar-refractivity contribution in [2.45, 2.75) is 18.9 Å². The van der Waals surface area contributed by atoms with Crippen molar-refractivity contribution in [1.29, 1.82) is 0 Å². The molecule has 0 bridgehead atoms. The minimum atomic E-state index is -0.404. The van der Waals surface area contributed by atoms with Crippen molar-refractivity contribution < 1.29 is 5.11 Å². The number of halogens is 1. The zero-order valence-corrected chi connectivity index (χ0v) is 12.7. The molecule has 1 saturated heterocycles. The third-order valence-electron chi connectivity index (χ3n) is 4.26. The lowest BCUT2D eigenvalue weighted by Gasteiger charge is -2.28. The molecule has 2 N–H and O–H groups in total. The first-order valence-corrected chi connectivity index (χ1v) is 7.87. The van der Waals surface area contributed by atoms with Crippen molar-refractivity contribution in [3.05, 3.63) is 59.1 Å². The van der Waals surface area contributed by atoms with E-state index in [-0.39, 0.29) is 0 Å². The molecule has 0 aliphatic carbocycles. The van der Waals surface area contributed by atoms with Crippen LogP contribution in [0.2, 0.25) is 5.02 Å². The van der Waals surface area contributed by atoms with Crippen LogP contribution in [0.1, 0.15) is 24.5 Å². The zero-order valence-electron chi connectivity index (χ0n) is 11.9. The zero-order chi connectivity index (χ0) is 14.7. The highest BCUT2D eigenvalue weighted by Crippen LogP contribution is 2.35. The second-order valence-electron chi connectivity index (χ2n) is 5.63. The predicted octanol–water partition coefficient (Wildman–Crippen LogP) is 4.04. The van der Waals surface area contributed by atoms with E-state index in [1.807, 2.05) is 42.5 Å². The van der Waals surface area contributed by atoms with Crippen molar-refractivity contribution >= 4 is 11.6 Å². The maximum Gasteiger partial charge on any atom is 0.0825 e. The molecule has 3 heteroatoms. The molecule has 1 atom stereocenters. The number of nitrogens with one attached hydrogen (secondary N) is 1. The summed E-state index contributed by atoms with van der Waals surface area (Å²) in [5.41, 5.74) is 3.22. The first-order chi connectivity index (χ1) is 10.3. The van der Waals surface area contributed by atoms with E-state index in [1.54, 1.807) is 0 Å². The maximum absolute atomic E-state index is 10.8. The van der Waals surface area contributed by atoms with Crippen molar-refractivity contribution in [3.63, 3.8) is 0 Å². The van der Waals surface area contributed by atoms with Gasteiger partial charge in [0.1, 0.15) is 0 Å². The van der Waals surface area contributed by atoms with Gasteiger partial charge in [-0.25, -0.2) is 0 Å². The smallest absolute Gasteiger partial charge is 0.0825 e. The fourth-order valence-electron chi connectivity index (χ4n) is 3.06. The van der Waals surface area contributed by atoms with E-state index in [0.29, 0.717) is 5.92 Å². The molecule has 2 nitrogen and oxygen atoms in total.